The lowest BCUT2D eigenvalue weighted by Gasteiger charge is -2.12. The number of carbonyl (C=O) groups is 2. The topological polar surface area (TPSA) is 75.6 Å². The van der Waals surface area contributed by atoms with Crippen LogP contribution in [-0.4, -0.2) is 41.8 Å². The lowest BCUT2D eigenvalue weighted by atomic mass is 10.3. The molecule has 0 rings (SSSR count). The summed E-state index contributed by atoms with van der Waals surface area (Å²) in [5.41, 5.74) is 0. The van der Waals surface area contributed by atoms with Crippen LogP contribution >= 0.6 is 11.8 Å². The minimum absolute atomic E-state index is 0.366. The number of unbranched alkanes of at least 4 members (excludes halogenated alkanes) is 1. The Bertz CT molecular complexity index is 210. The lowest BCUT2D eigenvalue weighted by molar-refractivity contribution is -0.138. The second-order valence-corrected chi connectivity index (χ2v) is 4.11. The molecule has 6 heteroatoms. The second kappa shape index (κ2) is 8.40. The normalized spacial score (nSPS) is 11.9. The third kappa shape index (κ3) is 7.07. The summed E-state index contributed by atoms with van der Waals surface area (Å²) in [7, 11) is 1.21. The van der Waals surface area contributed by atoms with Crippen LogP contribution in [-0.2, 0) is 9.53 Å². The van der Waals surface area contributed by atoms with Crippen molar-refractivity contribution in [3.8, 4) is 0 Å². The third-order valence-corrected chi connectivity index (χ3v) is 2.85. The molecule has 0 radical (unpaired) electrons. The number of alkyl carbamates (subject to hydrolysis) is 1. The van der Waals surface area contributed by atoms with Crippen LogP contribution in [0.2, 0.25) is 0 Å². The zero-order chi connectivity index (χ0) is 11.7. The van der Waals surface area contributed by atoms with Gasteiger partial charge in [-0.05, 0) is 12.2 Å². The fourth-order valence-corrected chi connectivity index (χ4v) is 1.94. The maximum absolute atomic E-state index is 10.8. The number of amides is 1. The van der Waals surface area contributed by atoms with Crippen LogP contribution in [0.25, 0.3) is 0 Å². The van der Waals surface area contributed by atoms with Gasteiger partial charge in [0.15, 0.2) is 0 Å². The molecule has 0 unspecified atom stereocenters. The molecule has 1 amide bonds. The average Bonchev–Trinajstić information content (AvgIpc) is 2.21. The molecule has 0 bridgehead atoms. The molecule has 88 valence electrons. The number of rotatable bonds is 7. The van der Waals surface area contributed by atoms with Crippen molar-refractivity contribution >= 4 is 23.8 Å². The van der Waals surface area contributed by atoms with Gasteiger partial charge in [0, 0.05) is 5.75 Å². The van der Waals surface area contributed by atoms with E-state index in [2.05, 4.69) is 17.0 Å². The van der Waals surface area contributed by atoms with E-state index in [1.807, 2.05) is 0 Å². The summed E-state index contributed by atoms with van der Waals surface area (Å²) in [5, 5.41) is 11.1. The molecular formula is C9H17NO4S. The van der Waals surface area contributed by atoms with Gasteiger partial charge < -0.3 is 15.2 Å². The van der Waals surface area contributed by atoms with Gasteiger partial charge in [-0.15, -0.1) is 0 Å². The SMILES string of the molecule is CCCCSC[C@@H](NC(=O)OC)C(=O)O. The first kappa shape index (κ1) is 14.1. The number of ether oxygens (including phenoxy) is 1. The molecule has 1 atom stereocenters. The number of hydrogen-bond acceptors (Lipinski definition) is 4. The summed E-state index contributed by atoms with van der Waals surface area (Å²) in [5.74, 6) is 0.234. The number of thioether (sulfide) groups is 1. The first-order valence-corrected chi connectivity index (χ1v) is 5.92. The second-order valence-electron chi connectivity index (χ2n) is 2.96. The van der Waals surface area contributed by atoms with Gasteiger partial charge in [-0.2, -0.15) is 11.8 Å². The molecule has 5 nitrogen and oxygen atoms in total. The van der Waals surface area contributed by atoms with Gasteiger partial charge in [0.1, 0.15) is 6.04 Å². The predicted molar refractivity (Wildman–Crippen MR) is 59.2 cm³/mol. The molecule has 0 aromatic rings. The first-order chi connectivity index (χ1) is 7.11. The highest BCUT2D eigenvalue weighted by Crippen LogP contribution is 2.06. The van der Waals surface area contributed by atoms with E-state index in [0.717, 1.165) is 18.6 Å². The van der Waals surface area contributed by atoms with Crippen molar-refractivity contribution < 1.29 is 19.4 Å². The molecule has 0 aliphatic heterocycles. The summed E-state index contributed by atoms with van der Waals surface area (Å²) in [6.45, 7) is 2.07. The number of nitrogens with one attached hydrogen (secondary N) is 1. The molecule has 0 aromatic heterocycles. The van der Waals surface area contributed by atoms with E-state index in [1.165, 1.54) is 18.9 Å². The van der Waals surface area contributed by atoms with Crippen molar-refractivity contribution in [1.29, 1.82) is 0 Å². The lowest BCUT2D eigenvalue weighted by Crippen LogP contribution is -2.42. The summed E-state index contributed by atoms with van der Waals surface area (Å²) in [4.78, 5) is 21.5. The fourth-order valence-electron chi connectivity index (χ4n) is 0.823. The highest BCUT2D eigenvalue weighted by Gasteiger charge is 2.19. The number of carbonyl (C=O) groups excluding carboxylic acids is 1. The molecule has 2 N–H and O–H groups in total. The molecule has 15 heavy (non-hydrogen) atoms. The van der Waals surface area contributed by atoms with E-state index < -0.39 is 18.1 Å². The Labute approximate surface area is 93.6 Å². The van der Waals surface area contributed by atoms with Crippen LogP contribution in [0.5, 0.6) is 0 Å². The van der Waals surface area contributed by atoms with Crippen LogP contribution in [0, 0.1) is 0 Å². The molecule has 0 heterocycles. The zero-order valence-electron chi connectivity index (χ0n) is 8.99. The zero-order valence-corrected chi connectivity index (χ0v) is 9.80. The van der Waals surface area contributed by atoms with Crippen molar-refractivity contribution in [1.82, 2.24) is 5.32 Å². The molecule has 0 spiro atoms. The largest absolute Gasteiger partial charge is 0.480 e. The van der Waals surface area contributed by atoms with Crippen molar-refractivity contribution in [2.45, 2.75) is 25.8 Å². The van der Waals surface area contributed by atoms with E-state index in [-0.39, 0.29) is 0 Å². The van der Waals surface area contributed by atoms with Gasteiger partial charge in [0.05, 0.1) is 7.11 Å². The Morgan fingerprint density at radius 2 is 2.20 bits per heavy atom. The fraction of sp³-hybridized carbons (Fsp3) is 0.778. The van der Waals surface area contributed by atoms with Gasteiger partial charge in [0.25, 0.3) is 0 Å². The highest BCUT2D eigenvalue weighted by molar-refractivity contribution is 7.99. The number of carboxylic acids is 1. The number of hydrogen-bond donors (Lipinski definition) is 2. The van der Waals surface area contributed by atoms with Gasteiger partial charge in [-0.3, -0.25) is 0 Å². The van der Waals surface area contributed by atoms with Crippen LogP contribution < -0.4 is 5.32 Å². The first-order valence-electron chi connectivity index (χ1n) is 4.76. The molecule has 0 aromatic carbocycles. The Hall–Kier alpha value is -0.910. The Morgan fingerprint density at radius 1 is 1.53 bits per heavy atom. The van der Waals surface area contributed by atoms with Crippen molar-refractivity contribution in [3.63, 3.8) is 0 Å². The maximum atomic E-state index is 10.8. The highest BCUT2D eigenvalue weighted by atomic mass is 32.2. The summed E-state index contributed by atoms with van der Waals surface area (Å²) in [6, 6.07) is -0.876. The van der Waals surface area contributed by atoms with E-state index in [0.29, 0.717) is 5.75 Å². The van der Waals surface area contributed by atoms with Crippen molar-refractivity contribution in [3.05, 3.63) is 0 Å². The van der Waals surface area contributed by atoms with Crippen molar-refractivity contribution in [2.24, 2.45) is 0 Å². The standard InChI is InChI=1S/C9H17NO4S/c1-3-4-5-15-6-7(8(11)12)10-9(13)14-2/h7H,3-6H2,1-2H3,(H,10,13)(H,11,12)/t7-/m1/s1. The summed E-state index contributed by atoms with van der Waals surface area (Å²) < 4.78 is 4.34. The Kier molecular flexibility index (Phi) is 7.89. The molecule has 0 saturated carbocycles. The quantitative estimate of drug-likeness (QED) is 0.651. The van der Waals surface area contributed by atoms with Gasteiger partial charge in [-0.1, -0.05) is 13.3 Å². The number of carboxylic acid groups (broad SMARTS) is 1. The summed E-state index contributed by atoms with van der Waals surface area (Å²) >= 11 is 1.52. The van der Waals surface area contributed by atoms with Crippen LogP contribution in [0.4, 0.5) is 4.79 Å². The molecular weight excluding hydrogens is 218 g/mol. The third-order valence-electron chi connectivity index (χ3n) is 1.70. The molecule has 0 aliphatic carbocycles. The van der Waals surface area contributed by atoms with Crippen LogP contribution in [0.3, 0.4) is 0 Å². The Balaban J connectivity index is 3.84. The van der Waals surface area contributed by atoms with Gasteiger partial charge in [0.2, 0.25) is 0 Å². The van der Waals surface area contributed by atoms with E-state index in [4.69, 9.17) is 5.11 Å². The van der Waals surface area contributed by atoms with Crippen LogP contribution in [0.15, 0.2) is 0 Å². The van der Waals surface area contributed by atoms with Gasteiger partial charge >= 0.3 is 12.1 Å². The van der Waals surface area contributed by atoms with E-state index in [9.17, 15) is 9.59 Å². The number of methoxy groups -OCH3 is 1. The van der Waals surface area contributed by atoms with Crippen LogP contribution in [0.1, 0.15) is 19.8 Å². The predicted octanol–water partition coefficient (Wildman–Crippen LogP) is 1.33. The van der Waals surface area contributed by atoms with Crippen molar-refractivity contribution in [2.75, 3.05) is 18.6 Å². The Morgan fingerprint density at radius 3 is 2.67 bits per heavy atom. The number of aliphatic carboxylic acids is 1. The molecule has 0 aliphatic rings. The molecule has 0 fully saturated rings. The summed E-state index contributed by atoms with van der Waals surface area (Å²) in [6.07, 6.45) is 1.42. The minimum atomic E-state index is -1.04. The monoisotopic (exact) mass is 235 g/mol. The van der Waals surface area contributed by atoms with Gasteiger partial charge in [-0.25, -0.2) is 9.59 Å². The molecule has 0 saturated heterocycles. The van der Waals surface area contributed by atoms with E-state index >= 15 is 0 Å². The maximum Gasteiger partial charge on any atom is 0.407 e. The smallest absolute Gasteiger partial charge is 0.407 e. The minimum Gasteiger partial charge on any atom is -0.480 e. The van der Waals surface area contributed by atoms with E-state index in [1.54, 1.807) is 0 Å². The average molecular weight is 235 g/mol.